The summed E-state index contributed by atoms with van der Waals surface area (Å²) in [6.45, 7) is 2.24. The number of alkyl halides is 2. The van der Waals surface area contributed by atoms with Gasteiger partial charge in [-0.2, -0.15) is 0 Å². The fraction of sp³-hybridized carbons (Fsp3) is 0.500. The number of para-hydroxylation sites is 1. The Morgan fingerprint density at radius 2 is 2.00 bits per heavy atom. The van der Waals surface area contributed by atoms with Crippen LogP contribution in [0.15, 0.2) is 24.3 Å². The second kappa shape index (κ2) is 3.70. The van der Waals surface area contributed by atoms with Crippen LogP contribution in [0.25, 0.3) is 0 Å². The zero-order valence-corrected chi connectivity index (χ0v) is 9.17. The minimum absolute atomic E-state index is 0.0515. The summed E-state index contributed by atoms with van der Waals surface area (Å²) >= 11 is 0. The van der Waals surface area contributed by atoms with Crippen molar-refractivity contribution in [2.75, 3.05) is 13.2 Å². The molecule has 0 spiro atoms. The molecule has 1 aliphatic rings. The highest BCUT2D eigenvalue weighted by molar-refractivity contribution is 5.47. The molecule has 0 amide bonds. The third kappa shape index (κ3) is 1.48. The molecule has 1 aliphatic carbocycles. The van der Waals surface area contributed by atoms with Crippen molar-refractivity contribution in [3.05, 3.63) is 29.8 Å². The summed E-state index contributed by atoms with van der Waals surface area (Å²) in [5.41, 5.74) is 4.83. The highest BCUT2D eigenvalue weighted by Gasteiger charge is 2.71. The van der Waals surface area contributed by atoms with Crippen LogP contribution in [0.1, 0.15) is 18.9 Å². The number of hydrogen-bond donors (Lipinski definition) is 1. The van der Waals surface area contributed by atoms with Crippen LogP contribution in [0.2, 0.25) is 0 Å². The normalized spacial score (nSPS) is 26.5. The van der Waals surface area contributed by atoms with E-state index < -0.39 is 11.3 Å². The summed E-state index contributed by atoms with van der Waals surface area (Å²) in [4.78, 5) is 0. The van der Waals surface area contributed by atoms with Crippen molar-refractivity contribution in [2.45, 2.75) is 24.7 Å². The summed E-state index contributed by atoms with van der Waals surface area (Å²) in [6.07, 6.45) is -0.180. The van der Waals surface area contributed by atoms with E-state index in [0.29, 0.717) is 17.9 Å². The molecule has 0 saturated heterocycles. The first-order valence-corrected chi connectivity index (χ1v) is 5.37. The largest absolute Gasteiger partial charge is 0.494 e. The fourth-order valence-electron chi connectivity index (χ4n) is 2.10. The standard InChI is InChI=1S/C12H15F2NO/c1-2-16-10-6-4-3-5-9(10)11(8-15)7-12(11,13)14/h3-6H,2,7-8,15H2,1H3. The van der Waals surface area contributed by atoms with Crippen LogP contribution in [-0.2, 0) is 5.41 Å². The first-order chi connectivity index (χ1) is 7.57. The van der Waals surface area contributed by atoms with Gasteiger partial charge in [0.25, 0.3) is 5.92 Å². The van der Waals surface area contributed by atoms with Gasteiger partial charge in [0.05, 0.1) is 12.0 Å². The summed E-state index contributed by atoms with van der Waals surface area (Å²) in [5, 5.41) is 0. The topological polar surface area (TPSA) is 35.2 Å². The van der Waals surface area contributed by atoms with Gasteiger partial charge in [-0.3, -0.25) is 0 Å². The SMILES string of the molecule is CCOc1ccccc1C1(CN)CC1(F)F. The Morgan fingerprint density at radius 3 is 2.50 bits per heavy atom. The first kappa shape index (κ1) is 11.3. The van der Waals surface area contributed by atoms with Gasteiger partial charge in [0.15, 0.2) is 0 Å². The lowest BCUT2D eigenvalue weighted by atomic mass is 9.94. The quantitative estimate of drug-likeness (QED) is 0.856. The van der Waals surface area contributed by atoms with Crippen molar-refractivity contribution in [1.82, 2.24) is 0 Å². The third-order valence-electron chi connectivity index (χ3n) is 3.15. The lowest BCUT2D eigenvalue weighted by Crippen LogP contribution is -2.27. The van der Waals surface area contributed by atoms with E-state index in [-0.39, 0.29) is 13.0 Å². The van der Waals surface area contributed by atoms with Gasteiger partial charge in [-0.25, -0.2) is 8.78 Å². The van der Waals surface area contributed by atoms with Crippen molar-refractivity contribution in [2.24, 2.45) is 5.73 Å². The van der Waals surface area contributed by atoms with E-state index in [1.165, 1.54) is 0 Å². The van der Waals surface area contributed by atoms with Gasteiger partial charge in [-0.15, -0.1) is 0 Å². The number of halogens is 2. The van der Waals surface area contributed by atoms with Gasteiger partial charge < -0.3 is 10.5 Å². The molecule has 2 N–H and O–H groups in total. The van der Waals surface area contributed by atoms with Gasteiger partial charge in [0, 0.05) is 18.5 Å². The Kier molecular flexibility index (Phi) is 2.62. The van der Waals surface area contributed by atoms with E-state index in [2.05, 4.69) is 0 Å². The molecule has 1 saturated carbocycles. The Labute approximate surface area is 93.4 Å². The number of benzene rings is 1. The molecule has 1 atom stereocenters. The Hall–Kier alpha value is -1.16. The zero-order valence-electron chi connectivity index (χ0n) is 9.17. The molecule has 16 heavy (non-hydrogen) atoms. The number of rotatable bonds is 4. The summed E-state index contributed by atoms with van der Waals surface area (Å²) in [6, 6.07) is 6.91. The molecule has 4 heteroatoms. The van der Waals surface area contributed by atoms with Crippen molar-refractivity contribution in [3.63, 3.8) is 0 Å². The summed E-state index contributed by atoms with van der Waals surface area (Å²) in [7, 11) is 0. The lowest BCUT2D eigenvalue weighted by Gasteiger charge is -2.18. The maximum atomic E-state index is 13.4. The van der Waals surface area contributed by atoms with Crippen LogP contribution in [0.5, 0.6) is 5.75 Å². The zero-order chi connectivity index (χ0) is 11.8. The second-order valence-electron chi connectivity index (χ2n) is 4.10. The van der Waals surface area contributed by atoms with Crippen LogP contribution in [0.3, 0.4) is 0 Å². The molecule has 0 aromatic heterocycles. The van der Waals surface area contributed by atoms with Crippen molar-refractivity contribution in [1.29, 1.82) is 0 Å². The van der Waals surface area contributed by atoms with Crippen LogP contribution >= 0.6 is 0 Å². The monoisotopic (exact) mass is 227 g/mol. The van der Waals surface area contributed by atoms with Gasteiger partial charge >= 0.3 is 0 Å². The Bertz CT molecular complexity index is 394. The molecule has 1 aromatic rings. The molecule has 1 aromatic carbocycles. The van der Waals surface area contributed by atoms with Crippen LogP contribution in [0.4, 0.5) is 8.78 Å². The Balaban J connectivity index is 2.40. The molecule has 0 aliphatic heterocycles. The average molecular weight is 227 g/mol. The first-order valence-electron chi connectivity index (χ1n) is 5.37. The average Bonchev–Trinajstić information content (AvgIpc) is 2.83. The van der Waals surface area contributed by atoms with Gasteiger partial charge in [0.2, 0.25) is 0 Å². The predicted molar refractivity (Wildman–Crippen MR) is 57.9 cm³/mol. The third-order valence-corrected chi connectivity index (χ3v) is 3.15. The minimum Gasteiger partial charge on any atom is -0.494 e. The predicted octanol–water partition coefficient (Wildman–Crippen LogP) is 2.32. The van der Waals surface area contributed by atoms with Crippen LogP contribution < -0.4 is 10.5 Å². The van der Waals surface area contributed by atoms with Crippen LogP contribution in [-0.4, -0.2) is 19.1 Å². The van der Waals surface area contributed by atoms with Crippen molar-refractivity contribution in [3.8, 4) is 5.75 Å². The van der Waals surface area contributed by atoms with E-state index in [1.807, 2.05) is 6.92 Å². The smallest absolute Gasteiger partial charge is 0.260 e. The molecule has 0 radical (unpaired) electrons. The highest BCUT2D eigenvalue weighted by atomic mass is 19.3. The fourth-order valence-corrected chi connectivity index (χ4v) is 2.10. The van der Waals surface area contributed by atoms with Crippen molar-refractivity contribution >= 4 is 0 Å². The minimum atomic E-state index is -2.70. The van der Waals surface area contributed by atoms with Gasteiger partial charge in [0.1, 0.15) is 5.75 Å². The molecule has 88 valence electrons. The lowest BCUT2D eigenvalue weighted by molar-refractivity contribution is 0.0887. The Morgan fingerprint density at radius 1 is 1.38 bits per heavy atom. The van der Waals surface area contributed by atoms with Crippen LogP contribution in [0, 0.1) is 0 Å². The number of nitrogens with two attached hydrogens (primary N) is 1. The van der Waals surface area contributed by atoms with E-state index in [4.69, 9.17) is 10.5 Å². The summed E-state index contributed by atoms with van der Waals surface area (Å²) in [5.74, 6) is -2.18. The molecule has 0 bridgehead atoms. The molecule has 0 heterocycles. The molecule has 1 fully saturated rings. The highest BCUT2D eigenvalue weighted by Crippen LogP contribution is 2.62. The second-order valence-corrected chi connectivity index (χ2v) is 4.10. The summed E-state index contributed by atoms with van der Waals surface area (Å²) < 4.78 is 32.2. The van der Waals surface area contributed by atoms with Gasteiger partial charge in [-0.1, -0.05) is 18.2 Å². The van der Waals surface area contributed by atoms with Crippen molar-refractivity contribution < 1.29 is 13.5 Å². The van der Waals surface area contributed by atoms with E-state index in [9.17, 15) is 8.78 Å². The molecular formula is C12H15F2NO. The number of ether oxygens (including phenoxy) is 1. The van der Waals surface area contributed by atoms with E-state index in [1.54, 1.807) is 24.3 Å². The van der Waals surface area contributed by atoms with Gasteiger partial charge in [-0.05, 0) is 13.0 Å². The molecule has 1 unspecified atom stereocenters. The van der Waals surface area contributed by atoms with E-state index >= 15 is 0 Å². The molecule has 2 nitrogen and oxygen atoms in total. The molecule has 2 rings (SSSR count). The van der Waals surface area contributed by atoms with E-state index in [0.717, 1.165) is 0 Å². The maximum Gasteiger partial charge on any atom is 0.260 e. The molecular weight excluding hydrogens is 212 g/mol. The number of hydrogen-bond acceptors (Lipinski definition) is 2. The maximum absolute atomic E-state index is 13.4.